The van der Waals surface area contributed by atoms with E-state index in [4.69, 9.17) is 23.5 Å². The Balaban J connectivity index is 2.51. The number of allylic oxidation sites excluding steroid dienone is 2. The molecule has 48 heavy (non-hydrogen) atoms. The summed E-state index contributed by atoms with van der Waals surface area (Å²) in [6.45, 7) is 3.90. The highest BCUT2D eigenvalue weighted by atomic mass is 32.3. The van der Waals surface area contributed by atoms with Crippen LogP contribution in [0.3, 0.4) is 0 Å². The smallest absolute Gasteiger partial charge is 0.397 e. The van der Waals surface area contributed by atoms with E-state index in [0.29, 0.717) is 13.0 Å². The highest BCUT2D eigenvalue weighted by molar-refractivity contribution is 7.80. The molecule has 0 spiro atoms. The molecule has 0 aromatic heterocycles. The molecule has 1 rings (SSSR count). The summed E-state index contributed by atoms with van der Waals surface area (Å²) in [5.74, 6) is -0.411. The Morgan fingerprint density at radius 1 is 0.771 bits per heavy atom. The molecule has 0 aromatic rings. The zero-order chi connectivity index (χ0) is 35.5. The third-order valence-electron chi connectivity index (χ3n) is 8.39. The molecule has 6 unspecified atom stereocenters. The Hall–Kier alpha value is -1.16. The molecule has 1 fully saturated rings. The van der Waals surface area contributed by atoms with Crippen LogP contribution < -0.4 is 0 Å². The van der Waals surface area contributed by atoms with Crippen molar-refractivity contribution in [3.63, 3.8) is 0 Å². The van der Waals surface area contributed by atoms with Crippen molar-refractivity contribution in [2.24, 2.45) is 0 Å². The highest BCUT2D eigenvalue weighted by Crippen LogP contribution is 2.26. The van der Waals surface area contributed by atoms with Gasteiger partial charge < -0.3 is 34.3 Å². The first kappa shape index (κ1) is 44.9. The standard InChI is InChI=1S/C35H66O12S/c1-3-5-7-9-11-12-13-14-15-16-17-18-20-22-24-31(37)45-29(27-43-25-23-21-19-10-8-6-4-2)28-44-35-33(39)34(47-48(40,41)42)32(38)30(26-36)46-35/h13-14,29-30,32-36,38-39H,3-12,15-28H2,1-2H3,(H,40,41,42)/b14-13-. The normalized spacial score (nSPS) is 22.3. The Kier molecular flexibility index (Phi) is 26.7. The van der Waals surface area contributed by atoms with Crippen molar-refractivity contribution in [3.8, 4) is 0 Å². The van der Waals surface area contributed by atoms with E-state index in [2.05, 4.69) is 30.2 Å². The van der Waals surface area contributed by atoms with Crippen LogP contribution in [0.15, 0.2) is 12.2 Å². The SMILES string of the molecule is CCCCCCC/C=C\CCCCCCCC(=O)OC(COCCCCCCCCC)COC1OC(CO)C(O)C(OS(=O)(=O)O)C1O. The second-order valence-electron chi connectivity index (χ2n) is 12.8. The van der Waals surface area contributed by atoms with Gasteiger partial charge in [-0.1, -0.05) is 109 Å². The maximum Gasteiger partial charge on any atom is 0.397 e. The summed E-state index contributed by atoms with van der Waals surface area (Å²) < 4.78 is 58.5. The third kappa shape index (κ3) is 22.5. The number of unbranched alkanes of at least 4 members (excludes halogenated alkanes) is 16. The number of aliphatic hydroxyl groups excluding tert-OH is 3. The molecule has 284 valence electrons. The van der Waals surface area contributed by atoms with Gasteiger partial charge in [0.25, 0.3) is 0 Å². The summed E-state index contributed by atoms with van der Waals surface area (Å²) >= 11 is 0. The van der Waals surface area contributed by atoms with Gasteiger partial charge in [0.1, 0.15) is 30.5 Å². The van der Waals surface area contributed by atoms with Crippen LogP contribution in [0.25, 0.3) is 0 Å². The van der Waals surface area contributed by atoms with Crippen LogP contribution in [0.4, 0.5) is 0 Å². The van der Waals surface area contributed by atoms with Gasteiger partial charge in [0.2, 0.25) is 0 Å². The van der Waals surface area contributed by atoms with Crippen molar-refractivity contribution in [1.82, 2.24) is 0 Å². The number of hydrogen-bond donors (Lipinski definition) is 4. The van der Waals surface area contributed by atoms with Crippen molar-refractivity contribution >= 4 is 16.4 Å². The summed E-state index contributed by atoms with van der Waals surface area (Å²) in [7, 11) is -5.05. The summed E-state index contributed by atoms with van der Waals surface area (Å²) in [4.78, 5) is 12.7. The van der Waals surface area contributed by atoms with Crippen LogP contribution in [0.2, 0.25) is 0 Å². The quantitative estimate of drug-likeness (QED) is 0.0288. The van der Waals surface area contributed by atoms with Gasteiger partial charge in [-0.15, -0.1) is 0 Å². The summed E-state index contributed by atoms with van der Waals surface area (Å²) in [5, 5.41) is 30.4. The van der Waals surface area contributed by atoms with Crippen LogP contribution in [-0.2, 0) is 38.3 Å². The van der Waals surface area contributed by atoms with Gasteiger partial charge >= 0.3 is 16.4 Å². The summed E-state index contributed by atoms with van der Waals surface area (Å²) in [5.41, 5.74) is 0. The molecule has 0 bridgehead atoms. The number of aliphatic hydroxyl groups is 3. The second-order valence-corrected chi connectivity index (χ2v) is 13.9. The number of ether oxygens (including phenoxy) is 4. The topological polar surface area (TPSA) is 178 Å². The largest absolute Gasteiger partial charge is 0.457 e. The molecule has 0 amide bonds. The zero-order valence-corrected chi connectivity index (χ0v) is 30.4. The lowest BCUT2D eigenvalue weighted by atomic mass is 9.99. The maximum absolute atomic E-state index is 12.7. The summed E-state index contributed by atoms with van der Waals surface area (Å²) in [6.07, 6.45) is 17.0. The number of rotatable bonds is 31. The maximum atomic E-state index is 12.7. The molecule has 0 radical (unpaired) electrons. The molecule has 1 aliphatic heterocycles. The minimum absolute atomic E-state index is 0.0354. The van der Waals surface area contributed by atoms with Crippen molar-refractivity contribution in [2.45, 2.75) is 179 Å². The Morgan fingerprint density at radius 3 is 1.88 bits per heavy atom. The molecule has 12 nitrogen and oxygen atoms in total. The number of carbonyl (C=O) groups is 1. The van der Waals surface area contributed by atoms with Gasteiger partial charge in [-0.25, -0.2) is 4.18 Å². The third-order valence-corrected chi connectivity index (χ3v) is 8.85. The van der Waals surface area contributed by atoms with Gasteiger partial charge in [-0.05, 0) is 38.5 Å². The monoisotopic (exact) mass is 710 g/mol. The fourth-order valence-corrected chi connectivity index (χ4v) is 6.06. The van der Waals surface area contributed by atoms with E-state index in [1.807, 2.05) is 0 Å². The summed E-state index contributed by atoms with van der Waals surface area (Å²) in [6, 6.07) is 0. The second kappa shape index (κ2) is 28.5. The Bertz CT molecular complexity index is 915. The van der Waals surface area contributed by atoms with Gasteiger partial charge in [0.15, 0.2) is 6.29 Å². The van der Waals surface area contributed by atoms with E-state index in [-0.39, 0.29) is 19.6 Å². The molecule has 1 heterocycles. The fourth-order valence-electron chi connectivity index (χ4n) is 5.55. The molecule has 6 atom stereocenters. The average Bonchev–Trinajstić information content (AvgIpc) is 3.05. The van der Waals surface area contributed by atoms with Gasteiger partial charge in [-0.2, -0.15) is 8.42 Å². The molecule has 1 aliphatic rings. The zero-order valence-electron chi connectivity index (χ0n) is 29.6. The molecule has 0 saturated carbocycles. The van der Waals surface area contributed by atoms with Crippen molar-refractivity contribution < 1.29 is 56.2 Å². The van der Waals surface area contributed by atoms with E-state index in [1.54, 1.807) is 0 Å². The van der Waals surface area contributed by atoms with Crippen LogP contribution in [-0.4, -0.2) is 97.5 Å². The van der Waals surface area contributed by atoms with E-state index >= 15 is 0 Å². The molecular formula is C35H66O12S. The van der Waals surface area contributed by atoms with Crippen molar-refractivity contribution in [1.29, 1.82) is 0 Å². The van der Waals surface area contributed by atoms with Gasteiger partial charge in [0.05, 0.1) is 19.8 Å². The molecule has 13 heteroatoms. The van der Waals surface area contributed by atoms with E-state index in [1.165, 1.54) is 57.8 Å². The molecular weight excluding hydrogens is 644 g/mol. The van der Waals surface area contributed by atoms with Crippen LogP contribution in [0, 0.1) is 0 Å². The van der Waals surface area contributed by atoms with Gasteiger partial charge in [0, 0.05) is 13.0 Å². The molecule has 4 N–H and O–H groups in total. The number of hydrogen-bond acceptors (Lipinski definition) is 11. The lowest BCUT2D eigenvalue weighted by molar-refractivity contribution is -0.301. The van der Waals surface area contributed by atoms with E-state index in [9.17, 15) is 28.5 Å². The first-order chi connectivity index (χ1) is 23.1. The van der Waals surface area contributed by atoms with Crippen molar-refractivity contribution in [3.05, 3.63) is 12.2 Å². The molecule has 0 aliphatic carbocycles. The van der Waals surface area contributed by atoms with Gasteiger partial charge in [-0.3, -0.25) is 9.35 Å². The molecule has 1 saturated heterocycles. The lowest BCUT2D eigenvalue weighted by Gasteiger charge is -2.41. The first-order valence-electron chi connectivity index (χ1n) is 18.4. The first-order valence-corrected chi connectivity index (χ1v) is 19.8. The van der Waals surface area contributed by atoms with Crippen LogP contribution in [0.5, 0.6) is 0 Å². The molecule has 0 aromatic carbocycles. The minimum atomic E-state index is -5.05. The fraction of sp³-hybridized carbons (Fsp3) is 0.914. The number of esters is 1. The average molecular weight is 711 g/mol. The Morgan fingerprint density at radius 2 is 1.31 bits per heavy atom. The lowest BCUT2D eigenvalue weighted by Crippen LogP contribution is -2.60. The minimum Gasteiger partial charge on any atom is -0.457 e. The van der Waals surface area contributed by atoms with Crippen LogP contribution >= 0.6 is 0 Å². The number of carbonyl (C=O) groups excluding carboxylic acids is 1. The predicted octanol–water partition coefficient (Wildman–Crippen LogP) is 5.96. The van der Waals surface area contributed by atoms with Crippen molar-refractivity contribution in [2.75, 3.05) is 26.4 Å². The Labute approximate surface area is 289 Å². The highest BCUT2D eigenvalue weighted by Gasteiger charge is 2.48. The van der Waals surface area contributed by atoms with Crippen LogP contribution in [0.1, 0.15) is 142 Å². The van der Waals surface area contributed by atoms with E-state index in [0.717, 1.165) is 57.8 Å². The predicted molar refractivity (Wildman–Crippen MR) is 184 cm³/mol. The van der Waals surface area contributed by atoms with E-state index < -0.39 is 59.8 Å².